The first-order chi connectivity index (χ1) is 11.7. The number of nitriles is 1. The molecule has 122 valence electrons. The Kier molecular flexibility index (Phi) is 4.76. The quantitative estimate of drug-likeness (QED) is 0.945. The largest absolute Gasteiger partial charge is 0.331 e. The van der Waals surface area contributed by atoms with E-state index in [-0.39, 0.29) is 12.1 Å². The minimum atomic E-state index is -0.0856. The predicted molar refractivity (Wildman–Crippen MR) is 91.1 cm³/mol. The summed E-state index contributed by atoms with van der Waals surface area (Å²) < 4.78 is 0. The van der Waals surface area contributed by atoms with Crippen LogP contribution in [0.2, 0.25) is 0 Å². The summed E-state index contributed by atoms with van der Waals surface area (Å²) in [6.45, 7) is 3.21. The minimum absolute atomic E-state index is 0.0670. The predicted octanol–water partition coefficient (Wildman–Crippen LogP) is 2.98. The Balaban J connectivity index is 1.68. The molecule has 1 atom stereocenters. The number of carbonyl (C=O) groups excluding carboxylic acids is 1. The number of amides is 2. The summed E-state index contributed by atoms with van der Waals surface area (Å²) in [5, 5.41) is 12.0. The van der Waals surface area contributed by atoms with Gasteiger partial charge in [-0.2, -0.15) is 5.26 Å². The molecular weight excluding hydrogens is 300 g/mol. The Hall–Kier alpha value is -2.87. The van der Waals surface area contributed by atoms with Gasteiger partial charge in [-0.25, -0.2) is 4.79 Å². The molecule has 1 N–H and O–H groups in total. The van der Waals surface area contributed by atoms with Crippen molar-refractivity contribution in [2.45, 2.75) is 32.4 Å². The van der Waals surface area contributed by atoms with Gasteiger partial charge in [0, 0.05) is 25.5 Å². The smallest absolute Gasteiger partial charge is 0.318 e. The van der Waals surface area contributed by atoms with Crippen molar-refractivity contribution in [2.24, 2.45) is 0 Å². The summed E-state index contributed by atoms with van der Waals surface area (Å²) in [7, 11) is 0. The van der Waals surface area contributed by atoms with Crippen molar-refractivity contribution in [2.75, 3.05) is 6.54 Å². The Morgan fingerprint density at radius 2 is 2.29 bits per heavy atom. The molecule has 2 aromatic rings. The van der Waals surface area contributed by atoms with Crippen LogP contribution < -0.4 is 5.32 Å². The van der Waals surface area contributed by atoms with Crippen molar-refractivity contribution in [3.8, 4) is 6.07 Å². The van der Waals surface area contributed by atoms with E-state index in [1.54, 1.807) is 12.4 Å². The lowest BCUT2D eigenvalue weighted by Crippen LogP contribution is -2.43. The summed E-state index contributed by atoms with van der Waals surface area (Å²) in [6, 6.07) is 11.9. The average Bonchev–Trinajstić information content (AvgIpc) is 2.62. The molecule has 0 saturated carbocycles. The van der Waals surface area contributed by atoms with E-state index in [1.807, 2.05) is 42.2 Å². The van der Waals surface area contributed by atoms with Crippen molar-refractivity contribution in [3.63, 3.8) is 0 Å². The lowest BCUT2D eigenvalue weighted by molar-refractivity contribution is 0.189. The molecule has 0 bridgehead atoms. The number of pyridine rings is 1. The van der Waals surface area contributed by atoms with Crippen LogP contribution >= 0.6 is 0 Å². The first-order valence-electron chi connectivity index (χ1n) is 8.11. The van der Waals surface area contributed by atoms with Gasteiger partial charge >= 0.3 is 6.03 Å². The highest BCUT2D eigenvalue weighted by molar-refractivity contribution is 5.75. The Morgan fingerprint density at radius 1 is 1.42 bits per heavy atom. The number of nitrogens with one attached hydrogen (secondary N) is 1. The molecule has 1 aromatic heterocycles. The van der Waals surface area contributed by atoms with E-state index in [2.05, 4.69) is 16.4 Å². The highest BCUT2D eigenvalue weighted by Crippen LogP contribution is 2.23. The van der Waals surface area contributed by atoms with E-state index in [0.717, 1.165) is 23.1 Å². The summed E-state index contributed by atoms with van der Waals surface area (Å²) in [5.74, 6) is 0. The van der Waals surface area contributed by atoms with Crippen molar-refractivity contribution >= 4 is 6.03 Å². The molecule has 3 rings (SSSR count). The van der Waals surface area contributed by atoms with Crippen LogP contribution in [0.25, 0.3) is 0 Å². The molecule has 2 amide bonds. The zero-order valence-electron chi connectivity index (χ0n) is 13.7. The zero-order valence-corrected chi connectivity index (χ0v) is 13.7. The summed E-state index contributed by atoms with van der Waals surface area (Å²) in [6.07, 6.45) is 4.71. The van der Waals surface area contributed by atoms with Crippen LogP contribution in [0, 0.1) is 11.3 Å². The number of fused-ring (bicyclic) bond motifs is 1. The van der Waals surface area contributed by atoms with Gasteiger partial charge in [0.05, 0.1) is 18.5 Å². The second-order valence-corrected chi connectivity index (χ2v) is 6.02. The first-order valence-corrected chi connectivity index (χ1v) is 8.11. The van der Waals surface area contributed by atoms with Gasteiger partial charge < -0.3 is 10.2 Å². The molecule has 0 fully saturated rings. The highest BCUT2D eigenvalue weighted by Gasteiger charge is 2.23. The number of hydrogen-bond donors (Lipinski definition) is 1. The highest BCUT2D eigenvalue weighted by atomic mass is 16.2. The molecule has 1 aliphatic rings. The molecule has 5 heteroatoms. The van der Waals surface area contributed by atoms with Crippen molar-refractivity contribution < 1.29 is 4.79 Å². The van der Waals surface area contributed by atoms with Crippen molar-refractivity contribution in [1.29, 1.82) is 5.26 Å². The standard InChI is InChI=1S/C19H20N4O/c1-14(16-6-3-10-21-12-16)22-19(24)23-11-8-18-15(7-9-20)4-2-5-17(18)13-23/h2-6,10,12,14H,7-8,11,13H2,1H3,(H,22,24). The molecule has 1 aliphatic heterocycles. The van der Waals surface area contributed by atoms with E-state index < -0.39 is 0 Å². The number of aromatic nitrogens is 1. The Labute approximate surface area is 141 Å². The topological polar surface area (TPSA) is 69.0 Å². The normalized spacial score (nSPS) is 14.4. The number of nitrogens with zero attached hydrogens (tertiary/aromatic N) is 3. The van der Waals surface area contributed by atoms with Gasteiger partial charge in [0.15, 0.2) is 0 Å². The van der Waals surface area contributed by atoms with E-state index in [9.17, 15) is 4.79 Å². The van der Waals surface area contributed by atoms with Crippen LogP contribution in [0.1, 0.15) is 35.2 Å². The molecule has 5 nitrogen and oxygen atoms in total. The SMILES string of the molecule is CC(NC(=O)N1CCc2c(CC#N)cccc2C1)c1cccnc1. The summed E-state index contributed by atoms with van der Waals surface area (Å²) in [5.41, 5.74) is 4.43. The monoisotopic (exact) mass is 320 g/mol. The third kappa shape index (κ3) is 3.38. The molecule has 24 heavy (non-hydrogen) atoms. The van der Waals surface area contributed by atoms with Crippen molar-refractivity contribution in [1.82, 2.24) is 15.2 Å². The van der Waals surface area contributed by atoms with Crippen LogP contribution in [-0.4, -0.2) is 22.5 Å². The van der Waals surface area contributed by atoms with E-state index in [4.69, 9.17) is 5.26 Å². The van der Waals surface area contributed by atoms with Crippen LogP contribution in [0.15, 0.2) is 42.7 Å². The number of rotatable bonds is 3. The minimum Gasteiger partial charge on any atom is -0.331 e. The fraction of sp³-hybridized carbons (Fsp3) is 0.316. The zero-order chi connectivity index (χ0) is 16.9. The Morgan fingerprint density at radius 3 is 3.04 bits per heavy atom. The van der Waals surface area contributed by atoms with E-state index in [1.165, 1.54) is 5.56 Å². The number of carbonyl (C=O) groups is 1. The summed E-state index contributed by atoms with van der Waals surface area (Å²) >= 11 is 0. The fourth-order valence-electron chi connectivity index (χ4n) is 3.10. The molecule has 0 aliphatic carbocycles. The Bertz CT molecular complexity index is 767. The van der Waals surface area contributed by atoms with E-state index in [0.29, 0.717) is 19.5 Å². The van der Waals surface area contributed by atoms with Crippen molar-refractivity contribution in [3.05, 3.63) is 65.0 Å². The third-order valence-corrected chi connectivity index (χ3v) is 4.44. The fourth-order valence-corrected chi connectivity index (χ4v) is 3.10. The summed E-state index contributed by atoms with van der Waals surface area (Å²) in [4.78, 5) is 18.5. The molecular formula is C19H20N4O. The van der Waals surface area contributed by atoms with E-state index >= 15 is 0 Å². The van der Waals surface area contributed by atoms with Crippen LogP contribution in [0.3, 0.4) is 0 Å². The van der Waals surface area contributed by atoms with Gasteiger partial charge in [-0.15, -0.1) is 0 Å². The molecule has 0 spiro atoms. The van der Waals surface area contributed by atoms with Crippen LogP contribution in [0.4, 0.5) is 4.79 Å². The molecule has 2 heterocycles. The molecule has 1 unspecified atom stereocenters. The van der Waals surface area contributed by atoms with Gasteiger partial charge in [0.1, 0.15) is 0 Å². The maximum atomic E-state index is 12.5. The first kappa shape index (κ1) is 16.0. The van der Waals surface area contributed by atoms with Gasteiger partial charge in [0.2, 0.25) is 0 Å². The number of hydrogen-bond acceptors (Lipinski definition) is 3. The second kappa shape index (κ2) is 7.14. The average molecular weight is 320 g/mol. The lowest BCUT2D eigenvalue weighted by atomic mass is 9.93. The van der Waals surface area contributed by atoms with Gasteiger partial charge in [-0.3, -0.25) is 4.98 Å². The van der Waals surface area contributed by atoms with Gasteiger partial charge in [-0.1, -0.05) is 24.3 Å². The maximum Gasteiger partial charge on any atom is 0.318 e. The lowest BCUT2D eigenvalue weighted by Gasteiger charge is -2.31. The third-order valence-electron chi connectivity index (χ3n) is 4.44. The maximum absolute atomic E-state index is 12.5. The van der Waals surface area contributed by atoms with Gasteiger partial charge in [0.25, 0.3) is 0 Å². The number of benzene rings is 1. The second-order valence-electron chi connectivity index (χ2n) is 6.02. The molecule has 1 aromatic carbocycles. The van der Waals surface area contributed by atoms with Gasteiger partial charge in [-0.05, 0) is 41.7 Å². The molecule has 0 saturated heterocycles. The van der Waals surface area contributed by atoms with Crippen LogP contribution in [-0.2, 0) is 19.4 Å². The molecule has 0 radical (unpaired) electrons. The number of urea groups is 1. The van der Waals surface area contributed by atoms with Crippen LogP contribution in [0.5, 0.6) is 0 Å².